The summed E-state index contributed by atoms with van der Waals surface area (Å²) in [6.45, 7) is -1.17. The Morgan fingerprint density at radius 3 is 2.28 bits per heavy atom. The summed E-state index contributed by atoms with van der Waals surface area (Å²) < 4.78 is 48.7. The fraction of sp³-hybridized carbons (Fsp3) is 0.364. The fourth-order valence-electron chi connectivity index (χ4n) is 1.22. The molecule has 3 nitrogen and oxygen atoms in total. The van der Waals surface area contributed by atoms with Crippen molar-refractivity contribution in [1.82, 2.24) is 5.32 Å². The Kier molecular flexibility index (Phi) is 4.66. The Balaban J connectivity index is 2.47. The van der Waals surface area contributed by atoms with Crippen LogP contribution in [0.15, 0.2) is 24.3 Å². The maximum Gasteiger partial charge on any atom is 0.335 e. The molecule has 7 heteroatoms. The number of carboxylic acids is 1. The molecule has 1 rings (SSSR count). The Bertz CT molecular complexity index is 406. The molecule has 0 saturated heterocycles. The third-order valence-electron chi connectivity index (χ3n) is 2.21. The van der Waals surface area contributed by atoms with Crippen LogP contribution in [0.25, 0.3) is 0 Å². The predicted molar refractivity (Wildman–Crippen MR) is 56.1 cm³/mol. The standard InChI is InChI=1S/C11H11F4NO2/c12-10(13)11(14,15)6-16-5-7-1-3-8(4-2-7)9(17)18/h1-4,10,16H,5-6H2,(H,17,18). The van der Waals surface area contributed by atoms with E-state index >= 15 is 0 Å². The van der Waals surface area contributed by atoms with E-state index in [1.165, 1.54) is 24.3 Å². The number of aromatic carboxylic acids is 1. The summed E-state index contributed by atoms with van der Waals surface area (Å²) in [5, 5.41) is 10.8. The molecule has 100 valence electrons. The molecule has 1 aromatic carbocycles. The van der Waals surface area contributed by atoms with Gasteiger partial charge in [0.05, 0.1) is 12.1 Å². The van der Waals surface area contributed by atoms with E-state index in [-0.39, 0.29) is 12.1 Å². The molecule has 0 atom stereocenters. The van der Waals surface area contributed by atoms with E-state index in [0.717, 1.165) is 0 Å². The molecule has 0 radical (unpaired) electrons. The highest BCUT2D eigenvalue weighted by Gasteiger charge is 2.39. The van der Waals surface area contributed by atoms with Gasteiger partial charge in [-0.15, -0.1) is 0 Å². The molecule has 0 amide bonds. The molecule has 0 spiro atoms. The van der Waals surface area contributed by atoms with Gasteiger partial charge in [0.15, 0.2) is 0 Å². The first-order chi connectivity index (χ1) is 8.33. The van der Waals surface area contributed by atoms with Gasteiger partial charge in [0.1, 0.15) is 0 Å². The lowest BCUT2D eigenvalue weighted by Gasteiger charge is -2.15. The zero-order valence-electron chi connectivity index (χ0n) is 9.17. The van der Waals surface area contributed by atoms with E-state index in [1.54, 1.807) is 0 Å². The van der Waals surface area contributed by atoms with Crippen LogP contribution in [0.4, 0.5) is 17.6 Å². The van der Waals surface area contributed by atoms with Crippen LogP contribution in [0.2, 0.25) is 0 Å². The smallest absolute Gasteiger partial charge is 0.335 e. The second-order valence-corrected chi connectivity index (χ2v) is 3.67. The summed E-state index contributed by atoms with van der Waals surface area (Å²) in [5.41, 5.74) is 0.599. The van der Waals surface area contributed by atoms with Crippen LogP contribution >= 0.6 is 0 Å². The highest BCUT2D eigenvalue weighted by atomic mass is 19.3. The lowest BCUT2D eigenvalue weighted by molar-refractivity contribution is -0.125. The number of rotatable bonds is 6. The molecule has 0 fully saturated rings. The average molecular weight is 265 g/mol. The summed E-state index contributed by atoms with van der Waals surface area (Å²) in [5.74, 6) is -5.17. The summed E-state index contributed by atoms with van der Waals surface area (Å²) in [4.78, 5) is 10.5. The van der Waals surface area contributed by atoms with Crippen molar-refractivity contribution in [1.29, 1.82) is 0 Å². The molecular weight excluding hydrogens is 254 g/mol. The summed E-state index contributed by atoms with van der Waals surface area (Å²) >= 11 is 0. The second kappa shape index (κ2) is 5.81. The Labute approximate surface area is 100 Å². The molecule has 0 aliphatic heterocycles. The maximum atomic E-state index is 12.5. The topological polar surface area (TPSA) is 49.3 Å². The third kappa shape index (κ3) is 3.99. The maximum absolute atomic E-state index is 12.5. The SMILES string of the molecule is O=C(O)c1ccc(CNCC(F)(F)C(F)F)cc1. The monoisotopic (exact) mass is 265 g/mol. The van der Waals surface area contributed by atoms with E-state index in [2.05, 4.69) is 5.32 Å². The zero-order valence-corrected chi connectivity index (χ0v) is 9.17. The number of hydrogen-bond donors (Lipinski definition) is 2. The second-order valence-electron chi connectivity index (χ2n) is 3.67. The van der Waals surface area contributed by atoms with Gasteiger partial charge in [0.25, 0.3) is 0 Å². The molecule has 0 aliphatic carbocycles. The Hall–Kier alpha value is -1.63. The van der Waals surface area contributed by atoms with Gasteiger partial charge in [-0.05, 0) is 17.7 Å². The normalized spacial score (nSPS) is 11.8. The first-order valence-corrected chi connectivity index (χ1v) is 5.02. The van der Waals surface area contributed by atoms with E-state index < -0.39 is 24.9 Å². The van der Waals surface area contributed by atoms with Gasteiger partial charge in [0.2, 0.25) is 0 Å². The predicted octanol–water partition coefficient (Wildman–Crippen LogP) is 2.37. The van der Waals surface area contributed by atoms with Crippen molar-refractivity contribution in [3.8, 4) is 0 Å². The number of hydrogen-bond acceptors (Lipinski definition) is 2. The summed E-state index contributed by atoms with van der Waals surface area (Å²) in [6.07, 6.45) is -3.71. The average Bonchev–Trinajstić information content (AvgIpc) is 2.29. The molecule has 0 aliphatic rings. The van der Waals surface area contributed by atoms with Crippen LogP contribution in [0, 0.1) is 0 Å². The van der Waals surface area contributed by atoms with Crippen molar-refractivity contribution < 1.29 is 27.5 Å². The molecule has 0 aromatic heterocycles. The number of alkyl halides is 4. The molecule has 0 saturated carbocycles. The van der Waals surface area contributed by atoms with Gasteiger partial charge >= 0.3 is 18.3 Å². The minimum atomic E-state index is -4.07. The van der Waals surface area contributed by atoms with Gasteiger partial charge in [0, 0.05) is 6.54 Å². The van der Waals surface area contributed by atoms with Crippen LogP contribution in [-0.4, -0.2) is 30.0 Å². The lowest BCUT2D eigenvalue weighted by Crippen LogP contribution is -2.38. The minimum Gasteiger partial charge on any atom is -0.478 e. The Morgan fingerprint density at radius 1 is 1.28 bits per heavy atom. The third-order valence-corrected chi connectivity index (χ3v) is 2.21. The van der Waals surface area contributed by atoms with Crippen LogP contribution < -0.4 is 5.32 Å². The highest BCUT2D eigenvalue weighted by molar-refractivity contribution is 5.87. The van der Waals surface area contributed by atoms with Crippen molar-refractivity contribution in [2.45, 2.75) is 18.9 Å². The van der Waals surface area contributed by atoms with E-state index in [4.69, 9.17) is 5.11 Å². The fourth-order valence-corrected chi connectivity index (χ4v) is 1.22. The van der Waals surface area contributed by atoms with Crippen LogP contribution in [-0.2, 0) is 6.54 Å². The number of carboxylic acid groups (broad SMARTS) is 1. The Morgan fingerprint density at radius 2 is 1.83 bits per heavy atom. The first kappa shape index (κ1) is 14.4. The van der Waals surface area contributed by atoms with Crippen molar-refractivity contribution in [3.63, 3.8) is 0 Å². The largest absolute Gasteiger partial charge is 0.478 e. The number of benzene rings is 1. The van der Waals surface area contributed by atoms with Crippen molar-refractivity contribution in [2.75, 3.05) is 6.54 Å². The molecular formula is C11H11F4NO2. The van der Waals surface area contributed by atoms with Gasteiger partial charge in [-0.2, -0.15) is 8.78 Å². The van der Waals surface area contributed by atoms with Gasteiger partial charge < -0.3 is 10.4 Å². The summed E-state index contributed by atoms with van der Waals surface area (Å²) in [7, 11) is 0. The lowest BCUT2D eigenvalue weighted by atomic mass is 10.1. The molecule has 2 N–H and O–H groups in total. The van der Waals surface area contributed by atoms with Crippen LogP contribution in [0.3, 0.4) is 0 Å². The van der Waals surface area contributed by atoms with Gasteiger partial charge in [-0.3, -0.25) is 0 Å². The first-order valence-electron chi connectivity index (χ1n) is 5.02. The highest BCUT2D eigenvalue weighted by Crippen LogP contribution is 2.21. The van der Waals surface area contributed by atoms with Gasteiger partial charge in [-0.25, -0.2) is 13.6 Å². The van der Waals surface area contributed by atoms with Crippen molar-refractivity contribution in [3.05, 3.63) is 35.4 Å². The van der Waals surface area contributed by atoms with Crippen molar-refractivity contribution >= 4 is 5.97 Å². The molecule has 18 heavy (non-hydrogen) atoms. The number of nitrogens with one attached hydrogen (secondary N) is 1. The van der Waals surface area contributed by atoms with Crippen LogP contribution in [0.1, 0.15) is 15.9 Å². The number of halogens is 4. The van der Waals surface area contributed by atoms with E-state index in [0.29, 0.717) is 5.56 Å². The van der Waals surface area contributed by atoms with Crippen molar-refractivity contribution in [2.24, 2.45) is 0 Å². The molecule has 0 heterocycles. The van der Waals surface area contributed by atoms with Crippen LogP contribution in [0.5, 0.6) is 0 Å². The van der Waals surface area contributed by atoms with E-state index in [1.807, 2.05) is 0 Å². The molecule has 0 unspecified atom stereocenters. The van der Waals surface area contributed by atoms with Gasteiger partial charge in [-0.1, -0.05) is 12.1 Å². The molecule has 1 aromatic rings. The minimum absolute atomic E-state index is 0.0395. The quantitative estimate of drug-likeness (QED) is 0.776. The summed E-state index contributed by atoms with van der Waals surface area (Å²) in [6, 6.07) is 5.48. The number of carbonyl (C=O) groups is 1. The molecule has 0 bridgehead atoms. The zero-order chi connectivity index (χ0) is 13.8. The van der Waals surface area contributed by atoms with E-state index in [9.17, 15) is 22.4 Å².